The molecule has 4 nitrogen and oxygen atoms in total. The van der Waals surface area contributed by atoms with E-state index in [0.29, 0.717) is 5.92 Å². The normalized spacial score (nSPS) is 35.9. The Hall–Kier alpha value is -1.84. The predicted molar refractivity (Wildman–Crippen MR) is 77.6 cm³/mol. The number of esters is 1. The standard InChI is InChI=1S/C17H19NO3/c1-8-3-4-11(5-9(8)2)18-16(19)14-10-6-12-13(7-10)21-17(20)15(12)14/h3-5,10,12-15H,6-7H2,1-2H3,(H,18,19)/t10-,12+,13-,14-,15+/m1/s1. The minimum atomic E-state index is -0.208. The molecule has 1 N–H and O–H groups in total. The molecule has 110 valence electrons. The first-order valence-electron chi connectivity index (χ1n) is 7.63. The van der Waals surface area contributed by atoms with Crippen LogP contribution in [0, 0.1) is 37.5 Å². The van der Waals surface area contributed by atoms with Crippen LogP contribution < -0.4 is 5.32 Å². The highest BCUT2D eigenvalue weighted by atomic mass is 16.6. The molecule has 3 fully saturated rings. The number of hydrogen-bond acceptors (Lipinski definition) is 3. The van der Waals surface area contributed by atoms with Gasteiger partial charge in [-0.05, 0) is 55.9 Å². The summed E-state index contributed by atoms with van der Waals surface area (Å²) < 4.78 is 5.39. The van der Waals surface area contributed by atoms with Crippen LogP contribution in [0.2, 0.25) is 0 Å². The lowest BCUT2D eigenvalue weighted by atomic mass is 9.79. The van der Waals surface area contributed by atoms with Crippen LogP contribution in [-0.4, -0.2) is 18.0 Å². The van der Waals surface area contributed by atoms with Crippen molar-refractivity contribution >= 4 is 17.6 Å². The van der Waals surface area contributed by atoms with Gasteiger partial charge in [0, 0.05) is 11.6 Å². The van der Waals surface area contributed by atoms with Gasteiger partial charge in [-0.15, -0.1) is 0 Å². The lowest BCUT2D eigenvalue weighted by Gasteiger charge is -2.23. The summed E-state index contributed by atoms with van der Waals surface area (Å²) in [5.74, 6) is -0.0116. The maximum atomic E-state index is 12.6. The number of carbonyl (C=O) groups excluding carboxylic acids is 2. The molecule has 4 rings (SSSR count). The summed E-state index contributed by atoms with van der Waals surface area (Å²) in [6, 6.07) is 5.91. The van der Waals surface area contributed by atoms with Crippen LogP contribution in [0.15, 0.2) is 18.2 Å². The Kier molecular flexibility index (Phi) is 2.65. The molecule has 2 aliphatic carbocycles. The topological polar surface area (TPSA) is 55.4 Å². The van der Waals surface area contributed by atoms with Crippen LogP contribution in [0.5, 0.6) is 0 Å². The summed E-state index contributed by atoms with van der Waals surface area (Å²) in [6.07, 6.45) is 1.91. The van der Waals surface area contributed by atoms with E-state index in [4.69, 9.17) is 4.74 Å². The van der Waals surface area contributed by atoms with Gasteiger partial charge in [0.2, 0.25) is 5.91 Å². The van der Waals surface area contributed by atoms with E-state index in [-0.39, 0.29) is 35.7 Å². The molecule has 1 saturated heterocycles. The van der Waals surface area contributed by atoms with Gasteiger partial charge in [-0.1, -0.05) is 6.07 Å². The lowest BCUT2D eigenvalue weighted by molar-refractivity contribution is -0.145. The van der Waals surface area contributed by atoms with Gasteiger partial charge in [0.05, 0.1) is 11.8 Å². The Balaban J connectivity index is 1.55. The van der Waals surface area contributed by atoms with Gasteiger partial charge in [-0.2, -0.15) is 0 Å². The van der Waals surface area contributed by atoms with E-state index >= 15 is 0 Å². The van der Waals surface area contributed by atoms with Crippen LogP contribution in [0.4, 0.5) is 5.69 Å². The van der Waals surface area contributed by atoms with E-state index in [9.17, 15) is 9.59 Å². The highest BCUT2D eigenvalue weighted by Gasteiger charge is 2.63. The number of anilines is 1. The number of rotatable bonds is 2. The maximum absolute atomic E-state index is 12.6. The maximum Gasteiger partial charge on any atom is 0.310 e. The highest BCUT2D eigenvalue weighted by molar-refractivity contribution is 5.97. The van der Waals surface area contributed by atoms with Crippen LogP contribution in [0.1, 0.15) is 24.0 Å². The van der Waals surface area contributed by atoms with E-state index in [0.717, 1.165) is 24.1 Å². The van der Waals surface area contributed by atoms with Crippen molar-refractivity contribution in [3.8, 4) is 0 Å². The van der Waals surface area contributed by atoms with Crippen LogP contribution in [0.3, 0.4) is 0 Å². The van der Waals surface area contributed by atoms with Crippen molar-refractivity contribution < 1.29 is 14.3 Å². The smallest absolute Gasteiger partial charge is 0.310 e. The molecular formula is C17H19NO3. The van der Waals surface area contributed by atoms with Gasteiger partial charge in [-0.25, -0.2) is 0 Å². The molecule has 4 heteroatoms. The largest absolute Gasteiger partial charge is 0.462 e. The van der Waals surface area contributed by atoms with Gasteiger partial charge in [0.1, 0.15) is 6.10 Å². The van der Waals surface area contributed by atoms with Gasteiger partial charge < -0.3 is 10.1 Å². The number of nitrogens with one attached hydrogen (secondary N) is 1. The number of ether oxygens (including phenoxy) is 1. The first kappa shape index (κ1) is 12.9. The van der Waals surface area contributed by atoms with E-state index in [2.05, 4.69) is 5.32 Å². The molecule has 21 heavy (non-hydrogen) atoms. The molecule has 3 aliphatic rings. The number of benzene rings is 1. The average Bonchev–Trinajstić information content (AvgIpc) is 3.04. The number of amides is 1. The minimum absolute atomic E-state index is 0.0203. The summed E-state index contributed by atoms with van der Waals surface area (Å²) >= 11 is 0. The van der Waals surface area contributed by atoms with E-state index < -0.39 is 0 Å². The van der Waals surface area contributed by atoms with Crippen molar-refractivity contribution in [3.63, 3.8) is 0 Å². The third-order valence-corrected chi connectivity index (χ3v) is 5.56. The Morgan fingerprint density at radius 3 is 2.81 bits per heavy atom. The van der Waals surface area contributed by atoms with Gasteiger partial charge in [0.15, 0.2) is 0 Å². The quantitative estimate of drug-likeness (QED) is 0.849. The Labute approximate surface area is 123 Å². The van der Waals surface area contributed by atoms with Crippen LogP contribution in [-0.2, 0) is 14.3 Å². The monoisotopic (exact) mass is 285 g/mol. The van der Waals surface area contributed by atoms with Crippen molar-refractivity contribution in [2.45, 2.75) is 32.8 Å². The van der Waals surface area contributed by atoms with Crippen molar-refractivity contribution in [2.24, 2.45) is 23.7 Å². The van der Waals surface area contributed by atoms with E-state index in [1.165, 1.54) is 5.56 Å². The zero-order valence-corrected chi connectivity index (χ0v) is 12.3. The molecule has 0 unspecified atom stereocenters. The number of fused-ring (bicyclic) bond motifs is 1. The molecule has 0 aromatic heterocycles. The van der Waals surface area contributed by atoms with Crippen molar-refractivity contribution in [2.75, 3.05) is 5.32 Å². The number of carbonyl (C=O) groups is 2. The second-order valence-electron chi connectivity index (χ2n) is 6.71. The zero-order valence-electron chi connectivity index (χ0n) is 12.3. The summed E-state index contributed by atoms with van der Waals surface area (Å²) in [4.78, 5) is 24.6. The number of aryl methyl sites for hydroxylation is 2. The molecule has 1 aliphatic heterocycles. The third kappa shape index (κ3) is 1.81. The summed E-state index contributed by atoms with van der Waals surface area (Å²) in [7, 11) is 0. The minimum Gasteiger partial charge on any atom is -0.462 e. The predicted octanol–water partition coefficient (Wildman–Crippen LogP) is 2.44. The van der Waals surface area contributed by atoms with Crippen molar-refractivity contribution in [1.29, 1.82) is 0 Å². The van der Waals surface area contributed by atoms with Gasteiger partial charge >= 0.3 is 5.97 Å². The second kappa shape index (κ2) is 4.33. The van der Waals surface area contributed by atoms with Crippen molar-refractivity contribution in [3.05, 3.63) is 29.3 Å². The SMILES string of the molecule is Cc1ccc(NC(=O)[C@@H]2[C@@H]3C[C@@H]4[C@@H]2C(=O)O[C@@H]4C3)cc1C. The average molecular weight is 285 g/mol. The zero-order chi connectivity index (χ0) is 14.7. The Morgan fingerprint density at radius 2 is 2.05 bits per heavy atom. The molecule has 1 aromatic rings. The summed E-state index contributed by atoms with van der Waals surface area (Å²) in [5, 5.41) is 2.99. The third-order valence-electron chi connectivity index (χ3n) is 5.56. The fourth-order valence-electron chi connectivity index (χ4n) is 4.41. The van der Waals surface area contributed by atoms with E-state index in [1.807, 2.05) is 32.0 Å². The summed E-state index contributed by atoms with van der Waals surface area (Å²) in [6.45, 7) is 4.08. The van der Waals surface area contributed by atoms with Crippen LogP contribution >= 0.6 is 0 Å². The molecule has 1 heterocycles. The highest BCUT2D eigenvalue weighted by Crippen LogP contribution is 2.57. The summed E-state index contributed by atoms with van der Waals surface area (Å²) in [5.41, 5.74) is 3.17. The number of hydrogen-bond donors (Lipinski definition) is 1. The second-order valence-corrected chi connectivity index (χ2v) is 6.71. The fraction of sp³-hybridized carbons (Fsp3) is 0.529. The lowest BCUT2D eigenvalue weighted by Crippen LogP contribution is -2.35. The molecule has 2 bridgehead atoms. The first-order valence-corrected chi connectivity index (χ1v) is 7.63. The molecule has 0 spiro atoms. The van der Waals surface area contributed by atoms with Gasteiger partial charge in [-0.3, -0.25) is 9.59 Å². The van der Waals surface area contributed by atoms with Crippen LogP contribution in [0.25, 0.3) is 0 Å². The Bertz CT molecular complexity index is 637. The molecule has 1 aromatic carbocycles. The first-order chi connectivity index (χ1) is 10.0. The van der Waals surface area contributed by atoms with Gasteiger partial charge in [0.25, 0.3) is 0 Å². The molecule has 5 atom stereocenters. The molecular weight excluding hydrogens is 266 g/mol. The Morgan fingerprint density at radius 1 is 1.24 bits per heavy atom. The molecule has 2 saturated carbocycles. The molecule has 0 radical (unpaired) electrons. The molecule has 1 amide bonds. The van der Waals surface area contributed by atoms with E-state index in [1.54, 1.807) is 0 Å². The van der Waals surface area contributed by atoms with Crippen molar-refractivity contribution in [1.82, 2.24) is 0 Å². The fourth-order valence-corrected chi connectivity index (χ4v) is 4.41.